The Morgan fingerprint density at radius 1 is 1.26 bits per heavy atom. The molecule has 0 saturated carbocycles. The zero-order chi connectivity index (χ0) is 12.8. The monoisotopic (exact) mass is 251 g/mol. The van der Waals surface area contributed by atoms with E-state index in [1.807, 2.05) is 18.3 Å². The van der Waals surface area contributed by atoms with Crippen LogP contribution in [0.2, 0.25) is 0 Å². The van der Waals surface area contributed by atoms with E-state index in [4.69, 9.17) is 0 Å². The lowest BCUT2D eigenvalue weighted by molar-refractivity contribution is 0.239. The number of fused-ring (bicyclic) bond motifs is 4. The van der Waals surface area contributed by atoms with Crippen molar-refractivity contribution in [2.75, 3.05) is 6.54 Å². The molecule has 4 nitrogen and oxygen atoms in total. The minimum absolute atomic E-state index is 0.118. The molecule has 19 heavy (non-hydrogen) atoms. The van der Waals surface area contributed by atoms with Crippen LogP contribution >= 0.6 is 0 Å². The van der Waals surface area contributed by atoms with Gasteiger partial charge in [-0.25, -0.2) is 4.79 Å². The number of hydrogen-bond acceptors (Lipinski definition) is 2. The standard InChI is InChI=1S/C15H13N3O/c19-15-17-8-10-5-6-12-13(14(10)18-15)11-4-2-1-3-9(11)7-16-12/h1-4,6-7,10H,5,8H2,(H2,17,18,19). The molecular weight excluding hydrogens is 238 g/mol. The van der Waals surface area contributed by atoms with E-state index >= 15 is 0 Å². The fourth-order valence-electron chi connectivity index (χ4n) is 2.92. The third kappa shape index (κ3) is 1.53. The molecular formula is C15H13N3O. The van der Waals surface area contributed by atoms with Crippen LogP contribution in [0.25, 0.3) is 22.5 Å². The van der Waals surface area contributed by atoms with Crippen LogP contribution in [0, 0.1) is 5.92 Å². The molecule has 1 aromatic heterocycles. The van der Waals surface area contributed by atoms with Gasteiger partial charge in [0.2, 0.25) is 0 Å². The first-order valence-corrected chi connectivity index (χ1v) is 6.46. The molecule has 4 rings (SSSR count). The number of pyridine rings is 1. The summed E-state index contributed by atoms with van der Waals surface area (Å²) in [7, 11) is 0. The lowest BCUT2D eigenvalue weighted by atomic mass is 9.92. The maximum absolute atomic E-state index is 11.6. The largest absolute Gasteiger partial charge is 0.337 e. The quantitative estimate of drug-likeness (QED) is 0.714. The molecule has 2 N–H and O–H groups in total. The molecule has 1 aliphatic carbocycles. The molecule has 1 fully saturated rings. The average molecular weight is 251 g/mol. The number of carbonyl (C=O) groups excluding carboxylic acids is 1. The predicted molar refractivity (Wildman–Crippen MR) is 73.5 cm³/mol. The fourth-order valence-corrected chi connectivity index (χ4v) is 2.92. The highest BCUT2D eigenvalue weighted by atomic mass is 16.2. The van der Waals surface area contributed by atoms with Crippen LogP contribution in [0.1, 0.15) is 6.42 Å². The van der Waals surface area contributed by atoms with Crippen LogP contribution < -0.4 is 21.2 Å². The molecule has 2 aromatic rings. The van der Waals surface area contributed by atoms with Crippen molar-refractivity contribution in [3.8, 4) is 0 Å². The van der Waals surface area contributed by atoms with Crippen molar-refractivity contribution in [1.29, 1.82) is 0 Å². The number of hydrogen-bond donors (Lipinski definition) is 2. The van der Waals surface area contributed by atoms with Gasteiger partial charge in [0.05, 0.1) is 5.35 Å². The molecule has 2 aliphatic rings. The normalized spacial score (nSPS) is 20.9. The van der Waals surface area contributed by atoms with Gasteiger partial charge < -0.3 is 10.6 Å². The molecule has 4 heteroatoms. The number of carbonyl (C=O) groups is 1. The smallest absolute Gasteiger partial charge is 0.319 e. The van der Waals surface area contributed by atoms with Crippen molar-refractivity contribution in [1.82, 2.24) is 15.6 Å². The van der Waals surface area contributed by atoms with Crippen molar-refractivity contribution in [2.24, 2.45) is 5.92 Å². The molecule has 1 aliphatic heterocycles. The molecule has 2 amide bonds. The molecule has 1 atom stereocenters. The third-order valence-corrected chi connectivity index (χ3v) is 3.86. The highest BCUT2D eigenvalue weighted by molar-refractivity contribution is 5.89. The first kappa shape index (κ1) is 10.6. The molecule has 0 bridgehead atoms. The van der Waals surface area contributed by atoms with Gasteiger partial charge in [-0.05, 0) is 11.8 Å². The topological polar surface area (TPSA) is 54.0 Å². The molecule has 0 radical (unpaired) electrons. The number of nitrogens with zero attached hydrogens (tertiary/aromatic N) is 1. The molecule has 1 unspecified atom stereocenters. The van der Waals surface area contributed by atoms with Gasteiger partial charge in [-0.3, -0.25) is 4.98 Å². The minimum Gasteiger partial charge on any atom is -0.337 e. The van der Waals surface area contributed by atoms with Crippen LogP contribution in [0.15, 0.2) is 30.5 Å². The maximum atomic E-state index is 11.6. The molecule has 1 saturated heterocycles. The van der Waals surface area contributed by atoms with Crippen LogP contribution in [-0.2, 0) is 0 Å². The Morgan fingerprint density at radius 2 is 2.16 bits per heavy atom. The molecule has 2 heterocycles. The number of amides is 2. The summed E-state index contributed by atoms with van der Waals surface area (Å²) in [6.07, 6.45) is 4.98. The van der Waals surface area contributed by atoms with Crippen LogP contribution in [0.3, 0.4) is 0 Å². The van der Waals surface area contributed by atoms with Crippen LogP contribution in [0.5, 0.6) is 0 Å². The van der Waals surface area contributed by atoms with Crippen LogP contribution in [0.4, 0.5) is 4.79 Å². The summed E-state index contributed by atoms with van der Waals surface area (Å²) in [5, 5.41) is 10.2. The number of aromatic nitrogens is 1. The fraction of sp³-hybridized carbons (Fsp3) is 0.200. The van der Waals surface area contributed by atoms with E-state index in [1.165, 1.54) is 0 Å². The van der Waals surface area contributed by atoms with Crippen molar-refractivity contribution < 1.29 is 4.79 Å². The Labute approximate surface area is 109 Å². The first-order valence-electron chi connectivity index (χ1n) is 6.46. The van der Waals surface area contributed by atoms with E-state index in [1.54, 1.807) is 0 Å². The lowest BCUT2D eigenvalue weighted by Crippen LogP contribution is -2.52. The van der Waals surface area contributed by atoms with E-state index in [0.717, 1.165) is 33.5 Å². The van der Waals surface area contributed by atoms with Gasteiger partial charge in [-0.1, -0.05) is 30.3 Å². The molecule has 94 valence electrons. The van der Waals surface area contributed by atoms with Gasteiger partial charge in [-0.15, -0.1) is 0 Å². The Bertz CT molecular complexity index is 810. The summed E-state index contributed by atoms with van der Waals surface area (Å²) in [6.45, 7) is 0.695. The van der Waals surface area contributed by atoms with Gasteiger partial charge in [0.15, 0.2) is 0 Å². The van der Waals surface area contributed by atoms with Crippen LogP contribution in [-0.4, -0.2) is 17.6 Å². The first-order chi connectivity index (χ1) is 9.33. The highest BCUT2D eigenvalue weighted by Crippen LogP contribution is 2.19. The summed E-state index contributed by atoms with van der Waals surface area (Å²) in [5.41, 5.74) is 1.02. The van der Waals surface area contributed by atoms with Gasteiger partial charge in [0.1, 0.15) is 0 Å². The number of rotatable bonds is 0. The van der Waals surface area contributed by atoms with Crippen molar-refractivity contribution in [3.63, 3.8) is 0 Å². The highest BCUT2D eigenvalue weighted by Gasteiger charge is 2.25. The number of benzene rings is 1. The Morgan fingerprint density at radius 3 is 3.11 bits per heavy atom. The van der Waals surface area contributed by atoms with Crippen molar-refractivity contribution >= 4 is 28.6 Å². The second kappa shape index (κ2) is 3.82. The average Bonchev–Trinajstić information content (AvgIpc) is 2.46. The Kier molecular flexibility index (Phi) is 2.12. The lowest BCUT2D eigenvalue weighted by Gasteiger charge is -2.28. The summed E-state index contributed by atoms with van der Waals surface area (Å²) in [4.78, 5) is 16.1. The van der Waals surface area contributed by atoms with Gasteiger partial charge in [-0.2, -0.15) is 0 Å². The molecule has 0 spiro atoms. The Balaban J connectivity index is 2.17. The second-order valence-electron chi connectivity index (χ2n) is 4.99. The second-order valence-corrected chi connectivity index (χ2v) is 4.99. The summed E-state index contributed by atoms with van der Waals surface area (Å²) in [6, 6.07) is 8.05. The maximum Gasteiger partial charge on any atom is 0.319 e. The van der Waals surface area contributed by atoms with E-state index < -0.39 is 0 Å². The predicted octanol–water partition coefficient (Wildman–Crippen LogP) is 0.456. The SMILES string of the molecule is O=C1NCC2CC=c3ncc4ccccc4c3=C2N1. The van der Waals surface area contributed by atoms with Gasteiger partial charge in [0, 0.05) is 35.0 Å². The summed E-state index contributed by atoms with van der Waals surface area (Å²) >= 11 is 0. The number of nitrogens with one attached hydrogen (secondary N) is 2. The van der Waals surface area contributed by atoms with Crippen molar-refractivity contribution in [3.05, 3.63) is 41.0 Å². The summed E-state index contributed by atoms with van der Waals surface area (Å²) < 4.78 is 0. The number of urea groups is 1. The zero-order valence-electron chi connectivity index (χ0n) is 10.3. The van der Waals surface area contributed by atoms with E-state index in [2.05, 4.69) is 33.8 Å². The summed E-state index contributed by atoms with van der Waals surface area (Å²) in [5.74, 6) is 0.331. The van der Waals surface area contributed by atoms with Crippen molar-refractivity contribution in [2.45, 2.75) is 6.42 Å². The minimum atomic E-state index is -0.118. The molecule has 1 aromatic carbocycles. The zero-order valence-corrected chi connectivity index (χ0v) is 10.3. The third-order valence-electron chi connectivity index (χ3n) is 3.86. The van der Waals surface area contributed by atoms with E-state index in [0.29, 0.717) is 12.5 Å². The van der Waals surface area contributed by atoms with E-state index in [9.17, 15) is 4.79 Å². The van der Waals surface area contributed by atoms with E-state index in [-0.39, 0.29) is 6.03 Å². The van der Waals surface area contributed by atoms with Gasteiger partial charge in [0.25, 0.3) is 0 Å². The van der Waals surface area contributed by atoms with Gasteiger partial charge >= 0.3 is 6.03 Å². The Hall–Kier alpha value is -2.36.